The van der Waals surface area contributed by atoms with Gasteiger partial charge in [0.1, 0.15) is 6.61 Å². The summed E-state index contributed by atoms with van der Waals surface area (Å²) in [6.07, 6.45) is 0.450. The van der Waals surface area contributed by atoms with Crippen LogP contribution < -0.4 is 5.73 Å². The topological polar surface area (TPSA) is 52.3 Å². The van der Waals surface area contributed by atoms with Crippen LogP contribution in [0.25, 0.3) is 0 Å². The molecule has 0 aliphatic heterocycles. The smallest absolute Gasteiger partial charge is 0.308 e. The molecule has 0 heterocycles. The molecular formula is C10H15F2NO2. The monoisotopic (exact) mass is 219 g/mol. The van der Waals surface area contributed by atoms with Gasteiger partial charge in [0.15, 0.2) is 0 Å². The maximum absolute atomic E-state index is 12.9. The standard InChI is InChI=1S/C10H13F2NO2.H2/c11-10(12)5-2-1-3-8(4-6-10)15-7-9(13)14;/h8H,1,3-4,6-7H2,(H2,13,14);1H. The molecule has 15 heavy (non-hydrogen) atoms. The van der Waals surface area contributed by atoms with E-state index in [9.17, 15) is 13.6 Å². The molecule has 0 fully saturated rings. The van der Waals surface area contributed by atoms with Gasteiger partial charge in [-0.2, -0.15) is 8.78 Å². The lowest BCUT2D eigenvalue weighted by molar-refractivity contribution is -0.125. The molecule has 0 aromatic heterocycles. The molecule has 1 amide bonds. The van der Waals surface area contributed by atoms with Crippen molar-refractivity contribution < 1.29 is 19.7 Å². The zero-order chi connectivity index (χ0) is 11.3. The molecular weight excluding hydrogens is 204 g/mol. The Kier molecular flexibility index (Phi) is 4.04. The molecule has 0 saturated carbocycles. The van der Waals surface area contributed by atoms with Crippen LogP contribution in [0.5, 0.6) is 0 Å². The number of ether oxygens (including phenoxy) is 1. The SMILES string of the molecule is NC(=O)COC1CCC#CC(F)(F)CC1.[HH]. The Morgan fingerprint density at radius 2 is 2.33 bits per heavy atom. The molecule has 3 nitrogen and oxygen atoms in total. The predicted molar refractivity (Wildman–Crippen MR) is 52.2 cm³/mol. The van der Waals surface area contributed by atoms with Crippen LogP contribution >= 0.6 is 0 Å². The first-order valence-electron chi connectivity index (χ1n) is 4.77. The first kappa shape index (κ1) is 11.9. The fraction of sp³-hybridized carbons (Fsp3) is 0.700. The number of halogens is 2. The molecule has 1 unspecified atom stereocenters. The summed E-state index contributed by atoms with van der Waals surface area (Å²) in [6, 6.07) is 0. The second-order valence-corrected chi connectivity index (χ2v) is 3.48. The number of carbonyl (C=O) groups excluding carboxylic acids is 1. The largest absolute Gasteiger partial charge is 0.368 e. The van der Waals surface area contributed by atoms with Gasteiger partial charge in [-0.25, -0.2) is 0 Å². The lowest BCUT2D eigenvalue weighted by Crippen LogP contribution is -2.26. The van der Waals surface area contributed by atoms with Gasteiger partial charge < -0.3 is 10.5 Å². The average molecular weight is 219 g/mol. The van der Waals surface area contributed by atoms with Gasteiger partial charge in [0.25, 0.3) is 0 Å². The quantitative estimate of drug-likeness (QED) is 0.728. The summed E-state index contributed by atoms with van der Waals surface area (Å²) in [4.78, 5) is 10.4. The van der Waals surface area contributed by atoms with Crippen LogP contribution in [0.15, 0.2) is 0 Å². The molecule has 0 bridgehead atoms. The van der Waals surface area contributed by atoms with E-state index < -0.39 is 11.8 Å². The highest BCUT2D eigenvalue weighted by Gasteiger charge is 2.28. The lowest BCUT2D eigenvalue weighted by Gasteiger charge is -2.19. The number of carbonyl (C=O) groups is 1. The molecule has 1 aliphatic rings. The number of hydrogen-bond acceptors (Lipinski definition) is 2. The van der Waals surface area contributed by atoms with Crippen LogP contribution in [0.3, 0.4) is 0 Å². The average Bonchev–Trinajstić information content (AvgIpc) is 2.12. The molecule has 0 aromatic carbocycles. The third-order valence-electron chi connectivity index (χ3n) is 2.10. The van der Waals surface area contributed by atoms with E-state index in [1.54, 1.807) is 0 Å². The van der Waals surface area contributed by atoms with E-state index in [4.69, 9.17) is 10.5 Å². The zero-order valence-corrected chi connectivity index (χ0v) is 8.26. The molecule has 1 aliphatic carbocycles. The minimum atomic E-state index is -2.94. The number of rotatable bonds is 3. The zero-order valence-electron chi connectivity index (χ0n) is 8.26. The molecule has 0 aromatic rings. The van der Waals surface area contributed by atoms with Crippen LogP contribution in [0.4, 0.5) is 8.78 Å². The fourth-order valence-electron chi connectivity index (χ4n) is 1.34. The van der Waals surface area contributed by atoms with E-state index in [2.05, 4.69) is 5.92 Å². The molecule has 5 heteroatoms. The van der Waals surface area contributed by atoms with Gasteiger partial charge in [0.05, 0.1) is 6.10 Å². The molecule has 0 saturated heterocycles. The first-order chi connectivity index (χ1) is 6.99. The highest BCUT2D eigenvalue weighted by molar-refractivity contribution is 5.75. The van der Waals surface area contributed by atoms with Crippen molar-refractivity contribution >= 4 is 5.91 Å². The second kappa shape index (κ2) is 5.08. The van der Waals surface area contributed by atoms with Gasteiger partial charge >= 0.3 is 5.92 Å². The van der Waals surface area contributed by atoms with E-state index >= 15 is 0 Å². The number of amides is 1. The third kappa shape index (κ3) is 4.75. The van der Waals surface area contributed by atoms with Gasteiger partial charge in [-0.1, -0.05) is 5.92 Å². The van der Waals surface area contributed by atoms with Crippen molar-refractivity contribution in [1.82, 2.24) is 0 Å². The van der Waals surface area contributed by atoms with Crippen molar-refractivity contribution in [2.75, 3.05) is 6.61 Å². The predicted octanol–water partition coefficient (Wildman–Crippen LogP) is 1.32. The van der Waals surface area contributed by atoms with Crippen molar-refractivity contribution in [1.29, 1.82) is 0 Å². The summed E-state index contributed by atoms with van der Waals surface area (Å²) in [5.74, 6) is 0.791. The molecule has 0 spiro atoms. The number of alkyl halides is 2. The number of hydrogen-bond donors (Lipinski definition) is 1. The second-order valence-electron chi connectivity index (χ2n) is 3.48. The minimum Gasteiger partial charge on any atom is -0.368 e. The first-order valence-corrected chi connectivity index (χ1v) is 4.77. The Morgan fingerprint density at radius 1 is 1.60 bits per heavy atom. The van der Waals surface area contributed by atoms with Gasteiger partial charge in [0, 0.05) is 14.3 Å². The maximum atomic E-state index is 12.9. The normalized spacial score (nSPS) is 24.5. The highest BCUT2D eigenvalue weighted by atomic mass is 19.3. The van der Waals surface area contributed by atoms with Crippen LogP contribution in [0, 0.1) is 11.8 Å². The maximum Gasteiger partial charge on any atom is 0.308 e. The summed E-state index contributed by atoms with van der Waals surface area (Å²) in [7, 11) is 0. The van der Waals surface area contributed by atoms with E-state index in [0.29, 0.717) is 12.8 Å². The van der Waals surface area contributed by atoms with Gasteiger partial charge in [-0.15, -0.1) is 0 Å². The lowest BCUT2D eigenvalue weighted by atomic mass is 10.0. The van der Waals surface area contributed by atoms with E-state index in [1.165, 1.54) is 0 Å². The molecule has 0 radical (unpaired) electrons. The Labute approximate surface area is 88.4 Å². The van der Waals surface area contributed by atoms with Crippen LogP contribution in [0.2, 0.25) is 0 Å². The van der Waals surface area contributed by atoms with Gasteiger partial charge in [0.2, 0.25) is 5.91 Å². The van der Waals surface area contributed by atoms with E-state index in [-0.39, 0.29) is 27.0 Å². The summed E-state index contributed by atoms with van der Waals surface area (Å²) >= 11 is 0. The molecule has 1 atom stereocenters. The minimum absolute atomic E-state index is 0. The summed E-state index contributed by atoms with van der Waals surface area (Å²) in [5.41, 5.74) is 4.89. The van der Waals surface area contributed by atoms with Crippen LogP contribution in [-0.4, -0.2) is 24.5 Å². The molecule has 86 valence electrons. The summed E-state index contributed by atoms with van der Waals surface area (Å²) in [6.45, 7) is -0.219. The van der Waals surface area contributed by atoms with Crippen molar-refractivity contribution in [3.05, 3.63) is 0 Å². The fourth-order valence-corrected chi connectivity index (χ4v) is 1.34. The van der Waals surface area contributed by atoms with Gasteiger partial charge in [-0.3, -0.25) is 4.79 Å². The number of primary amides is 1. The highest BCUT2D eigenvalue weighted by Crippen LogP contribution is 2.24. The molecule has 2 N–H and O–H groups in total. The van der Waals surface area contributed by atoms with Crippen molar-refractivity contribution in [3.8, 4) is 11.8 Å². The Hall–Kier alpha value is -1.15. The Morgan fingerprint density at radius 3 is 3.00 bits per heavy atom. The Balaban J connectivity index is 0.00000225. The van der Waals surface area contributed by atoms with E-state index in [1.807, 2.05) is 5.92 Å². The summed E-state index contributed by atoms with van der Waals surface area (Å²) in [5, 5.41) is 0. The van der Waals surface area contributed by atoms with Crippen molar-refractivity contribution in [3.63, 3.8) is 0 Å². The van der Waals surface area contributed by atoms with Crippen molar-refractivity contribution in [2.45, 2.75) is 37.7 Å². The van der Waals surface area contributed by atoms with Gasteiger partial charge in [-0.05, 0) is 18.8 Å². The van der Waals surface area contributed by atoms with Crippen molar-refractivity contribution in [2.24, 2.45) is 5.73 Å². The Bertz CT molecular complexity index is 299. The summed E-state index contributed by atoms with van der Waals surface area (Å²) < 4.78 is 30.9. The van der Waals surface area contributed by atoms with Crippen LogP contribution in [0.1, 0.15) is 27.1 Å². The number of nitrogens with two attached hydrogens (primary N) is 1. The van der Waals surface area contributed by atoms with E-state index in [0.717, 1.165) is 0 Å². The third-order valence-corrected chi connectivity index (χ3v) is 2.10. The molecule has 1 rings (SSSR count). The van der Waals surface area contributed by atoms with Crippen LogP contribution in [-0.2, 0) is 9.53 Å².